The summed E-state index contributed by atoms with van der Waals surface area (Å²) < 4.78 is 4.41. The molecule has 0 saturated carbocycles. The van der Waals surface area contributed by atoms with Crippen LogP contribution in [0.2, 0.25) is 0 Å². The van der Waals surface area contributed by atoms with Gasteiger partial charge < -0.3 is 4.74 Å². The molecule has 1 aliphatic heterocycles. The topological polar surface area (TPSA) is 46.6 Å². The lowest BCUT2D eigenvalue weighted by Gasteiger charge is -1.99. The average molecular weight is 319 g/mol. The molecule has 2 amide bonds. The van der Waals surface area contributed by atoms with Crippen molar-refractivity contribution in [3.63, 3.8) is 0 Å². The third-order valence-electron chi connectivity index (χ3n) is 3.12. The van der Waals surface area contributed by atoms with Crippen molar-refractivity contribution in [2.45, 2.75) is 40.5 Å². The molecular formula is C19H29NO3. The van der Waals surface area contributed by atoms with Gasteiger partial charge in [0.05, 0.1) is 6.54 Å². The number of nitrogens with zero attached hydrogens (tertiary/aromatic N) is 1. The molecule has 2 rings (SSSR count). The smallest absolute Gasteiger partial charge is 0.416 e. The Bertz CT molecular complexity index is 457. The summed E-state index contributed by atoms with van der Waals surface area (Å²) in [6.45, 7) is 9.36. The van der Waals surface area contributed by atoms with Crippen LogP contribution in [0.3, 0.4) is 0 Å². The van der Waals surface area contributed by atoms with Gasteiger partial charge in [-0.2, -0.15) is 0 Å². The lowest BCUT2D eigenvalue weighted by atomic mass is 10.1. The van der Waals surface area contributed by atoms with E-state index in [2.05, 4.69) is 56.7 Å². The Morgan fingerprint density at radius 2 is 1.96 bits per heavy atom. The number of imide groups is 1. The summed E-state index contributed by atoms with van der Waals surface area (Å²) in [6.07, 6.45) is 6.93. The first-order valence-corrected chi connectivity index (χ1v) is 8.08. The maximum atomic E-state index is 10.3. The molecule has 0 N–H and O–H groups in total. The number of amides is 2. The van der Waals surface area contributed by atoms with E-state index in [4.69, 9.17) is 0 Å². The monoisotopic (exact) mass is 319 g/mol. The molecule has 23 heavy (non-hydrogen) atoms. The first kappa shape index (κ1) is 20.9. The van der Waals surface area contributed by atoms with Crippen molar-refractivity contribution in [3.05, 3.63) is 48.0 Å². The molecule has 0 spiro atoms. The molecule has 0 aromatic heterocycles. The standard InChI is InChI=1S/C8H16.C7H8.C4H5NO3/c1-4-6-8(3)7-5-2;1-7-5-3-2-4-6-7;6-3-5-1-2-8-4(5)7/h4,6,8H,5,7H2,1-3H3;2-6H,1H3;3H,1-2H2/b6-4-;;. The summed E-state index contributed by atoms with van der Waals surface area (Å²) in [7, 11) is 0. The van der Waals surface area contributed by atoms with E-state index in [1.165, 1.54) is 18.4 Å². The maximum absolute atomic E-state index is 10.3. The van der Waals surface area contributed by atoms with E-state index in [0.717, 1.165) is 10.8 Å². The van der Waals surface area contributed by atoms with E-state index in [-0.39, 0.29) is 0 Å². The van der Waals surface area contributed by atoms with Crippen LogP contribution in [0.5, 0.6) is 0 Å². The van der Waals surface area contributed by atoms with Gasteiger partial charge in [-0.1, -0.05) is 68.3 Å². The van der Waals surface area contributed by atoms with Gasteiger partial charge in [-0.3, -0.25) is 4.79 Å². The molecule has 0 bridgehead atoms. The fraction of sp³-hybridized carbons (Fsp3) is 0.474. The Balaban J connectivity index is 0.000000316. The van der Waals surface area contributed by atoms with Crippen LogP contribution in [-0.2, 0) is 9.53 Å². The summed E-state index contributed by atoms with van der Waals surface area (Å²) in [5, 5.41) is 0. The molecule has 1 fully saturated rings. The highest BCUT2D eigenvalue weighted by atomic mass is 16.6. The third-order valence-corrected chi connectivity index (χ3v) is 3.12. The predicted octanol–water partition coefficient (Wildman–Crippen LogP) is 4.59. The second-order valence-corrected chi connectivity index (χ2v) is 5.36. The second-order valence-electron chi connectivity index (χ2n) is 5.36. The van der Waals surface area contributed by atoms with Crippen molar-refractivity contribution >= 4 is 12.5 Å². The van der Waals surface area contributed by atoms with Gasteiger partial charge >= 0.3 is 6.09 Å². The van der Waals surface area contributed by atoms with Gasteiger partial charge in [0.2, 0.25) is 6.41 Å². The molecule has 128 valence electrons. The van der Waals surface area contributed by atoms with Crippen molar-refractivity contribution in [1.29, 1.82) is 0 Å². The molecule has 1 aromatic rings. The Morgan fingerprint density at radius 3 is 2.26 bits per heavy atom. The molecule has 4 nitrogen and oxygen atoms in total. The van der Waals surface area contributed by atoms with Crippen molar-refractivity contribution in [2.75, 3.05) is 13.2 Å². The Morgan fingerprint density at radius 1 is 1.30 bits per heavy atom. The first-order valence-electron chi connectivity index (χ1n) is 8.08. The number of hydrogen-bond acceptors (Lipinski definition) is 3. The summed E-state index contributed by atoms with van der Waals surface area (Å²) in [6, 6.07) is 10.3. The highest BCUT2D eigenvalue weighted by Gasteiger charge is 2.19. The van der Waals surface area contributed by atoms with Gasteiger partial charge in [0.25, 0.3) is 0 Å². The lowest BCUT2D eigenvalue weighted by molar-refractivity contribution is -0.115. The summed E-state index contributed by atoms with van der Waals surface area (Å²) in [4.78, 5) is 21.1. The summed E-state index contributed by atoms with van der Waals surface area (Å²) >= 11 is 0. The molecule has 1 aliphatic rings. The SMILES string of the molecule is C/C=C\C(C)CCC.Cc1ccccc1.O=CN1CCOC1=O. The van der Waals surface area contributed by atoms with Crippen molar-refractivity contribution in [1.82, 2.24) is 4.90 Å². The number of hydrogen-bond donors (Lipinski definition) is 0. The molecule has 0 aliphatic carbocycles. The summed E-state index contributed by atoms with van der Waals surface area (Å²) in [5.41, 5.74) is 1.32. The van der Waals surface area contributed by atoms with Crippen molar-refractivity contribution in [3.8, 4) is 0 Å². The highest BCUT2D eigenvalue weighted by molar-refractivity contribution is 5.81. The van der Waals surface area contributed by atoms with Crippen molar-refractivity contribution in [2.24, 2.45) is 5.92 Å². The van der Waals surface area contributed by atoms with Gasteiger partial charge in [0.1, 0.15) is 6.61 Å². The van der Waals surface area contributed by atoms with Crippen LogP contribution >= 0.6 is 0 Å². The van der Waals surface area contributed by atoms with Crippen molar-refractivity contribution < 1.29 is 14.3 Å². The molecular weight excluding hydrogens is 290 g/mol. The van der Waals surface area contributed by atoms with E-state index in [0.29, 0.717) is 19.6 Å². The Hall–Kier alpha value is -2.10. The van der Waals surface area contributed by atoms with Crippen LogP contribution in [0.25, 0.3) is 0 Å². The highest BCUT2D eigenvalue weighted by Crippen LogP contribution is 2.05. The van der Waals surface area contributed by atoms with Gasteiger partial charge in [0.15, 0.2) is 0 Å². The number of cyclic esters (lactones) is 1. The molecule has 1 aromatic carbocycles. The number of carbonyl (C=O) groups excluding carboxylic acids is 2. The maximum Gasteiger partial charge on any atom is 0.416 e. The van der Waals surface area contributed by atoms with Gasteiger partial charge in [-0.25, -0.2) is 9.69 Å². The van der Waals surface area contributed by atoms with E-state index >= 15 is 0 Å². The molecule has 1 saturated heterocycles. The Kier molecular flexibility index (Phi) is 12.3. The average Bonchev–Trinajstić information content (AvgIpc) is 2.95. The number of ether oxygens (including phenoxy) is 1. The third kappa shape index (κ3) is 11.2. The number of benzene rings is 1. The lowest BCUT2D eigenvalue weighted by Crippen LogP contribution is -2.21. The van der Waals surface area contributed by atoms with E-state index in [1.807, 2.05) is 18.2 Å². The van der Waals surface area contributed by atoms with Crippen LogP contribution in [0.1, 0.15) is 39.2 Å². The van der Waals surface area contributed by atoms with Crippen LogP contribution < -0.4 is 0 Å². The first-order chi connectivity index (χ1) is 11.0. The molecule has 0 radical (unpaired) electrons. The number of rotatable bonds is 4. The molecule has 4 heteroatoms. The number of aryl methyl sites for hydroxylation is 1. The zero-order chi connectivity index (χ0) is 17.5. The van der Waals surface area contributed by atoms with E-state index in [9.17, 15) is 9.59 Å². The normalized spacial score (nSPS) is 14.3. The van der Waals surface area contributed by atoms with Gasteiger partial charge in [-0.05, 0) is 26.2 Å². The minimum atomic E-state index is -0.542. The fourth-order valence-corrected chi connectivity index (χ4v) is 1.92. The summed E-state index contributed by atoms with van der Waals surface area (Å²) in [5.74, 6) is 0.782. The predicted molar refractivity (Wildman–Crippen MR) is 94.2 cm³/mol. The largest absolute Gasteiger partial charge is 0.447 e. The second kappa shape index (κ2) is 13.6. The Labute approximate surface area is 140 Å². The minimum Gasteiger partial charge on any atom is -0.447 e. The van der Waals surface area contributed by atoms with E-state index in [1.54, 1.807) is 0 Å². The van der Waals surface area contributed by atoms with Crippen LogP contribution in [0.4, 0.5) is 4.79 Å². The number of carbonyl (C=O) groups is 2. The van der Waals surface area contributed by atoms with Gasteiger partial charge in [-0.15, -0.1) is 0 Å². The quantitative estimate of drug-likeness (QED) is 0.602. The molecule has 1 unspecified atom stereocenters. The van der Waals surface area contributed by atoms with Crippen LogP contribution in [0, 0.1) is 12.8 Å². The van der Waals surface area contributed by atoms with Crippen LogP contribution in [-0.4, -0.2) is 30.6 Å². The zero-order valence-electron chi connectivity index (χ0n) is 14.7. The molecule has 1 atom stereocenters. The molecule has 1 heterocycles. The van der Waals surface area contributed by atoms with E-state index < -0.39 is 6.09 Å². The fourth-order valence-electron chi connectivity index (χ4n) is 1.92. The van der Waals surface area contributed by atoms with Gasteiger partial charge in [0, 0.05) is 0 Å². The number of allylic oxidation sites excluding steroid dienone is 2. The van der Waals surface area contributed by atoms with Crippen LogP contribution in [0.15, 0.2) is 42.5 Å². The minimum absolute atomic E-state index is 0.331. The zero-order valence-corrected chi connectivity index (χ0v) is 14.7.